The SMILES string of the molecule is Cc1cc(C(C)(C)C)cc(CSNc2ccccc2)c1O. The highest BCUT2D eigenvalue weighted by Gasteiger charge is 2.17. The number of nitrogens with one attached hydrogen (secondary N) is 1. The Balaban J connectivity index is 2.11. The number of phenols is 1. The molecule has 0 bridgehead atoms. The zero-order chi connectivity index (χ0) is 15.5. The number of rotatable bonds is 4. The van der Waals surface area contributed by atoms with Crippen molar-refractivity contribution in [2.24, 2.45) is 0 Å². The fraction of sp³-hybridized carbons (Fsp3) is 0.333. The number of phenolic OH excluding ortho intramolecular Hbond substituents is 1. The van der Waals surface area contributed by atoms with Crippen molar-refractivity contribution in [3.8, 4) is 5.75 Å². The van der Waals surface area contributed by atoms with Crippen molar-refractivity contribution in [1.82, 2.24) is 0 Å². The fourth-order valence-corrected chi connectivity index (χ4v) is 2.85. The van der Waals surface area contributed by atoms with Gasteiger partial charge in [-0.1, -0.05) is 51.1 Å². The van der Waals surface area contributed by atoms with Crippen LogP contribution in [0, 0.1) is 6.92 Å². The van der Waals surface area contributed by atoms with E-state index < -0.39 is 0 Å². The van der Waals surface area contributed by atoms with Gasteiger partial charge in [-0.25, -0.2) is 0 Å². The molecule has 2 aromatic rings. The highest BCUT2D eigenvalue weighted by Crippen LogP contribution is 2.32. The molecule has 3 heteroatoms. The lowest BCUT2D eigenvalue weighted by Gasteiger charge is -2.21. The average Bonchev–Trinajstić information content (AvgIpc) is 2.43. The van der Waals surface area contributed by atoms with Crippen molar-refractivity contribution in [3.05, 3.63) is 59.2 Å². The minimum absolute atomic E-state index is 0.0880. The van der Waals surface area contributed by atoms with Gasteiger partial charge in [0.05, 0.1) is 0 Å². The fourth-order valence-electron chi connectivity index (χ4n) is 2.10. The minimum atomic E-state index is 0.0880. The van der Waals surface area contributed by atoms with Crippen LogP contribution in [0.5, 0.6) is 5.75 Å². The van der Waals surface area contributed by atoms with Gasteiger partial charge in [-0.05, 0) is 47.5 Å². The van der Waals surface area contributed by atoms with E-state index in [9.17, 15) is 5.11 Å². The third-order valence-corrected chi connectivity index (χ3v) is 4.27. The van der Waals surface area contributed by atoms with Gasteiger partial charge >= 0.3 is 0 Å². The topological polar surface area (TPSA) is 32.3 Å². The molecular weight excluding hydrogens is 278 g/mol. The second kappa shape index (κ2) is 6.44. The molecule has 112 valence electrons. The van der Waals surface area contributed by atoms with Crippen LogP contribution in [0.2, 0.25) is 0 Å². The standard InChI is InChI=1S/C18H23NOS/c1-13-10-15(18(2,3)4)11-14(17(13)20)12-21-19-16-8-6-5-7-9-16/h5-11,19-20H,12H2,1-4H3. The first-order valence-electron chi connectivity index (χ1n) is 7.14. The van der Waals surface area contributed by atoms with Crippen LogP contribution in [0.25, 0.3) is 0 Å². The van der Waals surface area contributed by atoms with E-state index in [4.69, 9.17) is 0 Å². The van der Waals surface area contributed by atoms with Gasteiger partial charge in [-0.15, -0.1) is 0 Å². The van der Waals surface area contributed by atoms with Gasteiger partial charge in [0.15, 0.2) is 0 Å². The monoisotopic (exact) mass is 301 g/mol. The number of anilines is 1. The Kier molecular flexibility index (Phi) is 4.84. The maximum atomic E-state index is 10.2. The molecule has 0 unspecified atom stereocenters. The molecule has 21 heavy (non-hydrogen) atoms. The summed E-state index contributed by atoms with van der Waals surface area (Å²) in [5, 5.41) is 10.2. The van der Waals surface area contributed by atoms with E-state index in [1.54, 1.807) is 11.9 Å². The molecule has 2 N–H and O–H groups in total. The van der Waals surface area contributed by atoms with Crippen LogP contribution in [0.15, 0.2) is 42.5 Å². The molecule has 0 radical (unpaired) electrons. The highest BCUT2D eigenvalue weighted by atomic mass is 32.2. The molecule has 0 aliphatic rings. The Morgan fingerprint density at radius 2 is 1.76 bits per heavy atom. The van der Waals surface area contributed by atoms with Gasteiger partial charge in [0.1, 0.15) is 5.75 Å². The molecule has 2 aromatic carbocycles. The second-order valence-corrected chi connectivity index (χ2v) is 7.09. The lowest BCUT2D eigenvalue weighted by Crippen LogP contribution is -2.12. The van der Waals surface area contributed by atoms with E-state index in [0.29, 0.717) is 5.75 Å². The summed E-state index contributed by atoms with van der Waals surface area (Å²) in [5.41, 5.74) is 4.34. The zero-order valence-corrected chi connectivity index (χ0v) is 13.9. The van der Waals surface area contributed by atoms with Crippen LogP contribution in [0.4, 0.5) is 5.69 Å². The van der Waals surface area contributed by atoms with Crippen LogP contribution < -0.4 is 4.72 Å². The third-order valence-electron chi connectivity index (χ3n) is 3.44. The van der Waals surface area contributed by atoms with Crippen molar-refractivity contribution in [2.75, 3.05) is 4.72 Å². The smallest absolute Gasteiger partial charge is 0.122 e. The Morgan fingerprint density at radius 1 is 1.10 bits per heavy atom. The number of hydrogen-bond acceptors (Lipinski definition) is 3. The molecule has 0 spiro atoms. The molecule has 0 aliphatic heterocycles. The van der Waals surface area contributed by atoms with E-state index in [1.807, 2.05) is 37.3 Å². The molecule has 0 amide bonds. The first kappa shape index (κ1) is 15.8. The summed E-state index contributed by atoms with van der Waals surface area (Å²) in [6.07, 6.45) is 0. The molecule has 0 saturated heterocycles. The van der Waals surface area contributed by atoms with Gasteiger partial charge in [-0.2, -0.15) is 0 Å². The number of para-hydroxylation sites is 1. The van der Waals surface area contributed by atoms with E-state index in [2.05, 4.69) is 37.6 Å². The van der Waals surface area contributed by atoms with Gasteiger partial charge in [-0.3, -0.25) is 0 Å². The predicted octanol–water partition coefficient (Wildman–Crippen LogP) is 5.26. The van der Waals surface area contributed by atoms with Gasteiger partial charge < -0.3 is 9.83 Å². The molecule has 2 nitrogen and oxygen atoms in total. The quantitative estimate of drug-likeness (QED) is 0.756. The third kappa shape index (κ3) is 4.18. The van der Waals surface area contributed by atoms with Crippen molar-refractivity contribution >= 4 is 17.6 Å². The Morgan fingerprint density at radius 3 is 2.38 bits per heavy atom. The summed E-state index contributed by atoms with van der Waals surface area (Å²) in [7, 11) is 0. The first-order chi connectivity index (χ1) is 9.88. The van der Waals surface area contributed by atoms with Crippen LogP contribution in [0.3, 0.4) is 0 Å². The zero-order valence-electron chi connectivity index (χ0n) is 13.1. The Bertz CT molecular complexity index is 603. The van der Waals surface area contributed by atoms with Crippen LogP contribution >= 0.6 is 11.9 Å². The van der Waals surface area contributed by atoms with E-state index in [1.165, 1.54) is 5.56 Å². The minimum Gasteiger partial charge on any atom is -0.507 e. The normalized spacial score (nSPS) is 11.4. The lowest BCUT2D eigenvalue weighted by molar-refractivity contribution is 0.465. The van der Waals surface area contributed by atoms with Crippen molar-refractivity contribution in [1.29, 1.82) is 0 Å². The van der Waals surface area contributed by atoms with Crippen LogP contribution in [0.1, 0.15) is 37.5 Å². The molecule has 0 aromatic heterocycles. The summed E-state index contributed by atoms with van der Waals surface area (Å²) >= 11 is 1.59. The highest BCUT2D eigenvalue weighted by molar-refractivity contribution is 7.99. The van der Waals surface area contributed by atoms with Gasteiger partial charge in [0.25, 0.3) is 0 Å². The molecule has 0 saturated carbocycles. The molecule has 0 atom stereocenters. The predicted molar refractivity (Wildman–Crippen MR) is 92.9 cm³/mol. The van der Waals surface area contributed by atoms with Crippen LogP contribution in [-0.2, 0) is 11.2 Å². The van der Waals surface area contributed by atoms with E-state index >= 15 is 0 Å². The average molecular weight is 301 g/mol. The van der Waals surface area contributed by atoms with Gasteiger partial charge in [0, 0.05) is 17.0 Å². The summed E-state index contributed by atoms with van der Waals surface area (Å²) < 4.78 is 3.30. The maximum absolute atomic E-state index is 10.2. The molecule has 0 aliphatic carbocycles. The van der Waals surface area contributed by atoms with Crippen LogP contribution in [-0.4, -0.2) is 5.11 Å². The number of benzene rings is 2. The summed E-state index contributed by atoms with van der Waals surface area (Å²) in [5.74, 6) is 1.14. The number of aryl methyl sites for hydroxylation is 1. The summed E-state index contributed by atoms with van der Waals surface area (Å²) in [4.78, 5) is 0. The number of hydrogen-bond donors (Lipinski definition) is 2. The van der Waals surface area contributed by atoms with E-state index in [-0.39, 0.29) is 5.41 Å². The summed E-state index contributed by atoms with van der Waals surface area (Å²) in [6, 6.07) is 14.3. The largest absolute Gasteiger partial charge is 0.507 e. The molecule has 0 heterocycles. The van der Waals surface area contributed by atoms with Crippen molar-refractivity contribution < 1.29 is 5.11 Å². The second-order valence-electron chi connectivity index (χ2n) is 6.31. The van der Waals surface area contributed by atoms with Gasteiger partial charge in [0.2, 0.25) is 0 Å². The Labute approximate surface area is 131 Å². The number of aromatic hydroxyl groups is 1. The lowest BCUT2D eigenvalue weighted by atomic mass is 9.85. The molecule has 0 fully saturated rings. The molecular formula is C18H23NOS. The van der Waals surface area contributed by atoms with E-state index in [0.717, 1.165) is 22.6 Å². The first-order valence-corrected chi connectivity index (χ1v) is 8.12. The Hall–Kier alpha value is -1.61. The molecule has 2 rings (SSSR count). The van der Waals surface area contributed by atoms with Crippen molar-refractivity contribution in [3.63, 3.8) is 0 Å². The maximum Gasteiger partial charge on any atom is 0.122 e. The van der Waals surface area contributed by atoms with Crippen molar-refractivity contribution in [2.45, 2.75) is 38.9 Å². The summed E-state index contributed by atoms with van der Waals surface area (Å²) in [6.45, 7) is 8.54.